The largest absolute Gasteiger partial charge is 0.443 e. The van der Waals surface area contributed by atoms with Crippen molar-refractivity contribution in [2.24, 2.45) is 11.1 Å². The number of ketones is 1. The summed E-state index contributed by atoms with van der Waals surface area (Å²) < 4.78 is 48.8. The van der Waals surface area contributed by atoms with Gasteiger partial charge in [-0.1, -0.05) is 59.9 Å². The van der Waals surface area contributed by atoms with E-state index in [9.17, 15) is 22.8 Å². The molecule has 0 saturated carbocycles. The van der Waals surface area contributed by atoms with E-state index in [4.69, 9.17) is 44.4 Å². The highest BCUT2D eigenvalue weighted by molar-refractivity contribution is 6.35. The predicted octanol–water partition coefficient (Wildman–Crippen LogP) is 8.59. The summed E-state index contributed by atoms with van der Waals surface area (Å²) in [6, 6.07) is 7.80. The van der Waals surface area contributed by atoms with Gasteiger partial charge >= 0.3 is 12.3 Å². The van der Waals surface area contributed by atoms with Gasteiger partial charge in [-0.05, 0) is 57.0 Å². The summed E-state index contributed by atoms with van der Waals surface area (Å²) in [7, 11) is 0. The van der Waals surface area contributed by atoms with Crippen molar-refractivity contribution < 1.29 is 32.3 Å². The van der Waals surface area contributed by atoms with Gasteiger partial charge in [0.25, 0.3) is 5.60 Å². The lowest BCUT2D eigenvalue weighted by molar-refractivity contribution is -0.275. The Morgan fingerprint density at radius 2 is 1.69 bits per heavy atom. The second kappa shape index (κ2) is 11.6. The minimum Gasteiger partial charge on any atom is -0.443 e. The molecule has 6 nitrogen and oxygen atoms in total. The lowest BCUT2D eigenvalue weighted by Crippen LogP contribution is -2.42. The molecular weight excluding hydrogens is 580 g/mol. The van der Waals surface area contributed by atoms with Crippen molar-refractivity contribution in [2.45, 2.75) is 64.8 Å². The average Bonchev–Trinajstić information content (AvgIpc) is 3.23. The van der Waals surface area contributed by atoms with Crippen LogP contribution in [0.5, 0.6) is 0 Å². The van der Waals surface area contributed by atoms with Crippen LogP contribution in [0.2, 0.25) is 15.1 Å². The molecule has 0 fully saturated rings. The van der Waals surface area contributed by atoms with Crippen LogP contribution < -0.4 is 4.90 Å². The number of alkyl halides is 3. The van der Waals surface area contributed by atoms with Crippen LogP contribution in [-0.2, 0) is 20.0 Å². The Morgan fingerprint density at radius 3 is 2.23 bits per heavy atom. The molecule has 0 saturated heterocycles. The lowest BCUT2D eigenvalue weighted by Gasteiger charge is -2.30. The van der Waals surface area contributed by atoms with Crippen LogP contribution in [-0.4, -0.2) is 35.9 Å². The zero-order chi connectivity index (χ0) is 29.3. The Balaban J connectivity index is 2.03. The number of anilines is 1. The van der Waals surface area contributed by atoms with Crippen molar-refractivity contribution in [2.75, 3.05) is 11.4 Å². The monoisotopic (exact) mass is 606 g/mol. The molecule has 3 rings (SSSR count). The van der Waals surface area contributed by atoms with Crippen molar-refractivity contribution >= 4 is 58.1 Å². The molecule has 39 heavy (non-hydrogen) atoms. The Morgan fingerprint density at radius 1 is 1.08 bits per heavy atom. The number of amides is 1. The summed E-state index contributed by atoms with van der Waals surface area (Å²) in [6.07, 6.45) is -6.21. The molecule has 0 radical (unpaired) electrons. The third-order valence-electron chi connectivity index (χ3n) is 5.67. The number of carbonyl (C=O) groups excluding carboxylic acids is 2. The molecule has 2 aromatic rings. The number of benzene rings is 2. The maximum Gasteiger partial charge on any atom is 0.435 e. The molecular formula is C27H28Cl3F3N2O4. The predicted molar refractivity (Wildman–Crippen MR) is 146 cm³/mol. The topological polar surface area (TPSA) is 68.2 Å². The van der Waals surface area contributed by atoms with E-state index < -0.39 is 29.9 Å². The number of hydrogen-bond donors (Lipinski definition) is 0. The molecule has 12 heteroatoms. The molecule has 0 aliphatic carbocycles. The average molecular weight is 608 g/mol. The van der Waals surface area contributed by atoms with E-state index in [1.807, 2.05) is 13.8 Å². The first kappa shape index (κ1) is 31.0. The van der Waals surface area contributed by atoms with Crippen LogP contribution in [0.1, 0.15) is 58.6 Å². The normalized spacial score (nSPS) is 17.6. The van der Waals surface area contributed by atoms with Gasteiger partial charge in [-0.25, -0.2) is 4.79 Å². The van der Waals surface area contributed by atoms with Crippen LogP contribution in [0, 0.1) is 5.92 Å². The molecule has 0 bridgehead atoms. The molecule has 1 heterocycles. The highest BCUT2D eigenvalue weighted by atomic mass is 35.5. The fraction of sp³-hybridized carbons (Fsp3) is 0.444. The van der Waals surface area contributed by atoms with E-state index in [1.54, 1.807) is 20.8 Å². The molecule has 1 aliphatic heterocycles. The van der Waals surface area contributed by atoms with Crippen molar-refractivity contribution in [1.82, 2.24) is 0 Å². The fourth-order valence-corrected chi connectivity index (χ4v) is 4.75. The van der Waals surface area contributed by atoms with Gasteiger partial charge in [0.05, 0.1) is 23.0 Å². The SMILES string of the molecule is CC(C)CC(=O)CN(C(=O)OC(C)(C)C)c1cc(C2=NOC(c3cc(Cl)cc(Cl)c3)(C(F)(F)F)C2)ccc1Cl. The number of rotatable bonds is 7. The highest BCUT2D eigenvalue weighted by Crippen LogP contribution is 2.50. The van der Waals surface area contributed by atoms with E-state index in [0.29, 0.717) is 0 Å². The molecule has 2 aromatic carbocycles. The lowest BCUT2D eigenvalue weighted by atomic mass is 9.86. The minimum atomic E-state index is -4.88. The van der Waals surface area contributed by atoms with E-state index in [1.165, 1.54) is 24.3 Å². The van der Waals surface area contributed by atoms with E-state index >= 15 is 0 Å². The van der Waals surface area contributed by atoms with Crippen LogP contribution in [0.4, 0.5) is 23.7 Å². The van der Waals surface area contributed by atoms with Gasteiger partial charge in [-0.15, -0.1) is 0 Å². The fourth-order valence-electron chi connectivity index (χ4n) is 4.01. The van der Waals surface area contributed by atoms with Gasteiger partial charge < -0.3 is 9.57 Å². The summed E-state index contributed by atoms with van der Waals surface area (Å²) in [4.78, 5) is 31.9. The van der Waals surface area contributed by atoms with Crippen LogP contribution in [0.25, 0.3) is 0 Å². The van der Waals surface area contributed by atoms with Crippen molar-refractivity contribution in [3.63, 3.8) is 0 Å². The number of hydrogen-bond acceptors (Lipinski definition) is 5. The van der Waals surface area contributed by atoms with E-state index in [0.717, 1.165) is 17.0 Å². The summed E-state index contributed by atoms with van der Waals surface area (Å²) in [5, 5.41) is 3.86. The number of carbonyl (C=O) groups is 2. The smallest absolute Gasteiger partial charge is 0.435 e. The Labute approximate surface area is 240 Å². The Hall–Kier alpha value is -2.49. The molecule has 0 N–H and O–H groups in total. The van der Waals surface area contributed by atoms with Gasteiger partial charge in [0.2, 0.25) is 0 Å². The molecule has 1 unspecified atom stereocenters. The first-order valence-corrected chi connectivity index (χ1v) is 13.2. The first-order valence-electron chi connectivity index (χ1n) is 12.0. The number of ether oxygens (including phenoxy) is 1. The van der Waals surface area contributed by atoms with Gasteiger partial charge in [0.15, 0.2) is 5.78 Å². The molecule has 212 valence electrons. The van der Waals surface area contributed by atoms with Crippen molar-refractivity contribution in [1.29, 1.82) is 0 Å². The van der Waals surface area contributed by atoms with E-state index in [-0.39, 0.29) is 62.3 Å². The van der Waals surface area contributed by atoms with Gasteiger partial charge in [-0.2, -0.15) is 13.2 Å². The number of oxime groups is 1. The summed E-state index contributed by atoms with van der Waals surface area (Å²) in [5.41, 5.74) is -3.80. The summed E-state index contributed by atoms with van der Waals surface area (Å²) >= 11 is 18.4. The maximum atomic E-state index is 14.4. The van der Waals surface area contributed by atoms with Crippen LogP contribution >= 0.6 is 34.8 Å². The zero-order valence-corrected chi connectivity index (χ0v) is 24.2. The molecule has 1 aliphatic rings. The first-order chi connectivity index (χ1) is 17.9. The number of halogens is 6. The van der Waals surface area contributed by atoms with Gasteiger partial charge in [-0.3, -0.25) is 9.69 Å². The number of Topliss-reactive ketones (excluding diaryl/α,β-unsaturated/α-hetero) is 1. The summed E-state index contributed by atoms with van der Waals surface area (Å²) in [6.45, 7) is 8.39. The molecule has 0 aromatic heterocycles. The second-order valence-electron chi connectivity index (χ2n) is 10.7. The Kier molecular flexibility index (Phi) is 9.19. The van der Waals surface area contributed by atoms with Crippen molar-refractivity contribution in [3.8, 4) is 0 Å². The highest BCUT2D eigenvalue weighted by Gasteiger charge is 2.62. The quantitative estimate of drug-likeness (QED) is 0.316. The van der Waals surface area contributed by atoms with Crippen LogP contribution in [0.15, 0.2) is 41.6 Å². The molecule has 0 spiro atoms. The second-order valence-corrected chi connectivity index (χ2v) is 11.9. The van der Waals surface area contributed by atoms with Gasteiger partial charge in [0, 0.05) is 34.0 Å². The van der Waals surface area contributed by atoms with Gasteiger partial charge in [0.1, 0.15) is 5.60 Å². The summed E-state index contributed by atoms with van der Waals surface area (Å²) in [5.74, 6) is -0.201. The molecule has 1 atom stereocenters. The molecule has 1 amide bonds. The zero-order valence-electron chi connectivity index (χ0n) is 22.0. The standard InChI is InChI=1S/C27H28Cl3F3N2O4/c1-15(2)8-20(36)14-35(24(37)38-25(3,4)5)23-9-16(6-7-21(23)30)22-13-26(39-34-22,27(31,32)33)17-10-18(28)12-19(29)11-17/h6-7,9-12,15H,8,13-14H2,1-5H3. The maximum absolute atomic E-state index is 14.4. The Bertz CT molecular complexity index is 1270. The third-order valence-corrected chi connectivity index (χ3v) is 6.43. The number of nitrogens with zero attached hydrogens (tertiary/aromatic N) is 2. The van der Waals surface area contributed by atoms with E-state index in [2.05, 4.69) is 5.16 Å². The van der Waals surface area contributed by atoms with Crippen LogP contribution in [0.3, 0.4) is 0 Å². The van der Waals surface area contributed by atoms with Crippen molar-refractivity contribution in [3.05, 3.63) is 62.6 Å². The minimum absolute atomic E-state index is 0.00558. The third kappa shape index (κ3) is 7.38.